The van der Waals surface area contributed by atoms with Gasteiger partial charge in [0.1, 0.15) is 0 Å². The summed E-state index contributed by atoms with van der Waals surface area (Å²) < 4.78 is 2.82. The van der Waals surface area contributed by atoms with E-state index in [2.05, 4.69) is 35.0 Å². The Kier molecular flexibility index (Phi) is 1.66. The van der Waals surface area contributed by atoms with Crippen LogP contribution in [0.25, 0.3) is 0 Å². The Balaban J connectivity index is 2.41. The summed E-state index contributed by atoms with van der Waals surface area (Å²) >= 11 is 3.98. The molecule has 1 heterocycles. The first-order valence-electron chi connectivity index (χ1n) is 3.67. The molecule has 11 heavy (non-hydrogen) atoms. The molecule has 0 spiro atoms. The van der Waals surface area contributed by atoms with Crippen LogP contribution >= 0.6 is 12.8 Å². The van der Waals surface area contributed by atoms with E-state index in [9.17, 15) is 0 Å². The first kappa shape index (κ1) is 6.85. The second-order valence-corrected chi connectivity index (χ2v) is 2.88. The molecule has 0 unspecified atom stereocenters. The van der Waals surface area contributed by atoms with Gasteiger partial charge in [0.15, 0.2) is 0 Å². The van der Waals surface area contributed by atoms with Gasteiger partial charge in [-0.2, -0.15) is 0 Å². The van der Waals surface area contributed by atoms with E-state index in [1.165, 1.54) is 11.3 Å². The zero-order valence-electron chi connectivity index (χ0n) is 6.09. The maximum atomic E-state index is 3.98. The van der Waals surface area contributed by atoms with E-state index in [0.717, 1.165) is 18.7 Å². The maximum absolute atomic E-state index is 3.98. The van der Waals surface area contributed by atoms with Crippen molar-refractivity contribution in [2.24, 2.45) is 0 Å². The molecule has 0 radical (unpaired) electrons. The topological polar surface area (TPSA) is 24.1 Å². The van der Waals surface area contributed by atoms with E-state index in [4.69, 9.17) is 0 Å². The van der Waals surface area contributed by atoms with Crippen LogP contribution in [-0.2, 0) is 6.42 Å². The van der Waals surface area contributed by atoms with Crippen molar-refractivity contribution in [2.75, 3.05) is 16.6 Å². The molecule has 1 aliphatic rings. The van der Waals surface area contributed by atoms with Gasteiger partial charge in [0.05, 0.1) is 0 Å². The van der Waals surface area contributed by atoms with Crippen LogP contribution in [0.1, 0.15) is 5.56 Å². The summed E-state index contributed by atoms with van der Waals surface area (Å²) in [5.74, 6) is 0. The van der Waals surface area contributed by atoms with Crippen molar-refractivity contribution < 1.29 is 0 Å². The number of anilines is 2. The fourth-order valence-corrected chi connectivity index (χ4v) is 1.51. The van der Waals surface area contributed by atoms with Crippen molar-refractivity contribution in [3.05, 3.63) is 23.8 Å². The molecule has 2 rings (SSSR count). The lowest BCUT2D eigenvalue weighted by molar-refractivity contribution is 1.11. The third-order valence-corrected chi connectivity index (χ3v) is 2.20. The number of benzene rings is 1. The highest BCUT2D eigenvalue weighted by Crippen LogP contribution is 2.25. The highest BCUT2D eigenvalue weighted by atomic mass is 32.1. The minimum atomic E-state index is 1.06. The summed E-state index contributed by atoms with van der Waals surface area (Å²) in [5, 5.41) is 3.30. The first-order valence-corrected chi connectivity index (χ1v) is 4.12. The number of hydrogen-bond acceptors (Lipinski definition) is 3. The summed E-state index contributed by atoms with van der Waals surface area (Å²) in [6.07, 6.45) is 1.12. The van der Waals surface area contributed by atoms with Crippen LogP contribution in [0.4, 0.5) is 11.4 Å². The van der Waals surface area contributed by atoms with Gasteiger partial charge in [0, 0.05) is 17.9 Å². The van der Waals surface area contributed by atoms with Gasteiger partial charge < -0.3 is 10.0 Å². The molecule has 0 fully saturated rings. The van der Waals surface area contributed by atoms with Gasteiger partial charge >= 0.3 is 0 Å². The van der Waals surface area contributed by atoms with Crippen LogP contribution in [0.2, 0.25) is 0 Å². The molecule has 2 N–H and O–H groups in total. The van der Waals surface area contributed by atoms with Gasteiger partial charge in [0.25, 0.3) is 0 Å². The monoisotopic (exact) mass is 166 g/mol. The SMILES string of the molecule is SNc1ccc2c(c1)CCN2. The van der Waals surface area contributed by atoms with Crippen LogP contribution in [0.15, 0.2) is 18.2 Å². The van der Waals surface area contributed by atoms with Gasteiger partial charge in [0.2, 0.25) is 0 Å². The number of nitrogens with one attached hydrogen (secondary N) is 2. The normalized spacial score (nSPS) is 13.9. The van der Waals surface area contributed by atoms with Gasteiger partial charge in [-0.15, -0.1) is 0 Å². The molecule has 0 aliphatic carbocycles. The van der Waals surface area contributed by atoms with Crippen molar-refractivity contribution >= 4 is 24.2 Å². The molecule has 1 aromatic carbocycles. The summed E-state index contributed by atoms with van der Waals surface area (Å²) in [6, 6.07) is 6.23. The van der Waals surface area contributed by atoms with E-state index < -0.39 is 0 Å². The Bertz CT molecular complexity index is 273. The zero-order chi connectivity index (χ0) is 7.68. The molecule has 1 aromatic rings. The molecule has 58 valence electrons. The van der Waals surface area contributed by atoms with E-state index in [1.54, 1.807) is 0 Å². The number of thiol groups is 1. The average molecular weight is 166 g/mol. The molecular formula is C8H10N2S. The van der Waals surface area contributed by atoms with E-state index in [1.807, 2.05) is 6.07 Å². The van der Waals surface area contributed by atoms with Crippen LogP contribution in [0, 0.1) is 0 Å². The lowest BCUT2D eigenvalue weighted by atomic mass is 10.1. The summed E-state index contributed by atoms with van der Waals surface area (Å²) in [7, 11) is 0. The highest BCUT2D eigenvalue weighted by Gasteiger charge is 2.08. The third kappa shape index (κ3) is 1.16. The van der Waals surface area contributed by atoms with Crippen molar-refractivity contribution in [1.82, 2.24) is 0 Å². The van der Waals surface area contributed by atoms with Crippen molar-refractivity contribution in [3.63, 3.8) is 0 Å². The molecule has 0 saturated carbocycles. The lowest BCUT2D eigenvalue weighted by Gasteiger charge is -2.02. The van der Waals surface area contributed by atoms with Gasteiger partial charge in [-0.05, 0) is 30.2 Å². The van der Waals surface area contributed by atoms with Gasteiger partial charge in [-0.3, -0.25) is 0 Å². The second kappa shape index (κ2) is 2.66. The minimum Gasteiger partial charge on any atom is -0.384 e. The van der Waals surface area contributed by atoms with Crippen LogP contribution in [0.3, 0.4) is 0 Å². The molecule has 0 aromatic heterocycles. The molecular weight excluding hydrogens is 156 g/mol. The number of hydrogen-bond donors (Lipinski definition) is 3. The summed E-state index contributed by atoms with van der Waals surface area (Å²) in [5.41, 5.74) is 3.71. The quantitative estimate of drug-likeness (QED) is 0.555. The van der Waals surface area contributed by atoms with Crippen LogP contribution in [-0.4, -0.2) is 6.54 Å². The van der Waals surface area contributed by atoms with Gasteiger partial charge in [-0.25, -0.2) is 0 Å². The predicted octanol–water partition coefficient (Wildman–Crippen LogP) is 1.91. The third-order valence-electron chi connectivity index (χ3n) is 1.94. The van der Waals surface area contributed by atoms with Gasteiger partial charge in [-0.1, -0.05) is 12.8 Å². The number of fused-ring (bicyclic) bond motifs is 1. The summed E-state index contributed by atoms with van der Waals surface area (Å²) in [4.78, 5) is 0. The van der Waals surface area contributed by atoms with E-state index in [0.29, 0.717) is 0 Å². The molecule has 0 amide bonds. The fourth-order valence-electron chi connectivity index (χ4n) is 1.37. The highest BCUT2D eigenvalue weighted by molar-refractivity contribution is 7.81. The Hall–Kier alpha value is -0.830. The Morgan fingerprint density at radius 1 is 1.45 bits per heavy atom. The standard InChI is InChI=1S/C8H10N2S/c11-10-7-1-2-8-6(5-7)3-4-9-8/h1-2,5,9-11H,3-4H2. The predicted molar refractivity (Wildman–Crippen MR) is 51.2 cm³/mol. The van der Waals surface area contributed by atoms with E-state index in [-0.39, 0.29) is 0 Å². The molecule has 1 aliphatic heterocycles. The zero-order valence-corrected chi connectivity index (χ0v) is 6.99. The number of rotatable bonds is 1. The molecule has 0 atom stereocenters. The Morgan fingerprint density at radius 3 is 3.18 bits per heavy atom. The Morgan fingerprint density at radius 2 is 2.36 bits per heavy atom. The lowest BCUT2D eigenvalue weighted by Crippen LogP contribution is -1.90. The van der Waals surface area contributed by atoms with Crippen LogP contribution < -0.4 is 10.0 Å². The largest absolute Gasteiger partial charge is 0.384 e. The van der Waals surface area contributed by atoms with E-state index >= 15 is 0 Å². The van der Waals surface area contributed by atoms with Crippen LogP contribution in [0.5, 0.6) is 0 Å². The smallest absolute Gasteiger partial charge is 0.0442 e. The molecule has 0 bridgehead atoms. The minimum absolute atomic E-state index is 1.06. The first-order chi connectivity index (χ1) is 5.40. The molecule has 2 nitrogen and oxygen atoms in total. The van der Waals surface area contributed by atoms with Crippen molar-refractivity contribution in [2.45, 2.75) is 6.42 Å². The Labute approximate surface area is 71.5 Å². The fraction of sp³-hybridized carbons (Fsp3) is 0.250. The molecule has 3 heteroatoms. The second-order valence-electron chi connectivity index (χ2n) is 2.66. The summed E-state index contributed by atoms with van der Waals surface area (Å²) in [6.45, 7) is 1.06. The van der Waals surface area contributed by atoms with Crippen molar-refractivity contribution in [1.29, 1.82) is 0 Å². The van der Waals surface area contributed by atoms with Crippen molar-refractivity contribution in [3.8, 4) is 0 Å². The molecule has 0 saturated heterocycles. The maximum Gasteiger partial charge on any atom is 0.0442 e. The average Bonchev–Trinajstić information content (AvgIpc) is 2.50.